The highest BCUT2D eigenvalue weighted by atomic mass is 16.5. The molecule has 0 saturated heterocycles. The minimum atomic E-state index is -1.01. The zero-order valence-electron chi connectivity index (χ0n) is 42.7. The number of fused-ring (bicyclic) bond motifs is 7. The second-order valence-corrected chi connectivity index (χ2v) is 21.5. The first-order valence-electron chi connectivity index (χ1n) is 24.2. The Morgan fingerprint density at radius 3 is 1.38 bits per heavy atom. The number of anilines is 2. The van der Waals surface area contributed by atoms with Crippen LogP contribution in [0.3, 0.4) is 0 Å². The molecule has 0 spiro atoms. The molecule has 4 heterocycles. The van der Waals surface area contributed by atoms with Crippen molar-refractivity contribution < 1.29 is 48.4 Å². The van der Waals surface area contributed by atoms with E-state index in [9.17, 15) is 34.5 Å². The van der Waals surface area contributed by atoms with Gasteiger partial charge < -0.3 is 29.9 Å². The third kappa shape index (κ3) is 6.28. The predicted molar refractivity (Wildman–Crippen MR) is 277 cm³/mol. The average molecular weight is 953 g/mol. The Hall–Kier alpha value is -7.60. The molecule has 3 N–H and O–H groups in total. The first kappa shape index (κ1) is 47.1. The van der Waals surface area contributed by atoms with Crippen LogP contribution in [0.4, 0.5) is 22.7 Å². The first-order valence-corrected chi connectivity index (χ1v) is 24.2. The summed E-state index contributed by atoms with van der Waals surface area (Å²) in [5.41, 5.74) is 10.9. The molecule has 4 aromatic carbocycles. The van der Waals surface area contributed by atoms with Crippen molar-refractivity contribution in [3.8, 4) is 0 Å². The second kappa shape index (κ2) is 15.4. The molecule has 0 atom stereocenters. The molecule has 0 fully saturated rings. The summed E-state index contributed by atoms with van der Waals surface area (Å²) in [6.45, 7) is 22.2. The molecule has 6 aliphatic rings. The van der Waals surface area contributed by atoms with Crippen LogP contribution in [-0.2, 0) is 36.0 Å². The topological polar surface area (TPSA) is 151 Å². The first-order chi connectivity index (χ1) is 33.3. The number of hydrogen-bond acceptors (Lipinski definition) is 8. The van der Waals surface area contributed by atoms with Gasteiger partial charge in [-0.15, -0.1) is 0 Å². The van der Waals surface area contributed by atoms with E-state index in [1.807, 2.05) is 75.2 Å². The quantitative estimate of drug-likeness (QED) is 0.109. The molecule has 0 unspecified atom stereocenters. The zero-order chi connectivity index (χ0) is 51.3. The smallest absolute Gasteiger partial charge is 0.335 e. The number of aliphatic hydroxyl groups excluding tert-OH is 1. The van der Waals surface area contributed by atoms with Gasteiger partial charge in [0.05, 0.1) is 62.7 Å². The number of ether oxygens (including phenoxy) is 1. The lowest BCUT2D eigenvalue weighted by Crippen LogP contribution is -2.32. The van der Waals surface area contributed by atoms with Crippen LogP contribution in [0.1, 0.15) is 112 Å². The number of methoxy groups -OCH3 is 1. The van der Waals surface area contributed by atoms with Gasteiger partial charge in [-0.05, 0) is 89.1 Å². The van der Waals surface area contributed by atoms with E-state index in [0.717, 1.165) is 78.6 Å². The number of carboxylic acids is 2. The molecular weight excluding hydrogens is 893 g/mol. The number of allylic oxidation sites excluding steroid dienone is 10. The fraction of sp³-hybridized carbons (Fsp3) is 0.322. The van der Waals surface area contributed by atoms with Crippen LogP contribution < -0.4 is 9.80 Å². The van der Waals surface area contributed by atoms with E-state index >= 15 is 0 Å². The van der Waals surface area contributed by atoms with Crippen LogP contribution in [0.25, 0.3) is 10.8 Å². The number of hydrogen-bond donors (Lipinski definition) is 3. The monoisotopic (exact) mass is 952 g/mol. The van der Waals surface area contributed by atoms with Gasteiger partial charge in [0.2, 0.25) is 22.9 Å². The van der Waals surface area contributed by atoms with Crippen LogP contribution >= 0.6 is 0 Å². The summed E-state index contributed by atoms with van der Waals surface area (Å²) in [5, 5.41) is 33.2. The molecule has 4 aliphatic heterocycles. The summed E-state index contributed by atoms with van der Waals surface area (Å²) in [7, 11) is 5.41. The lowest BCUT2D eigenvalue weighted by molar-refractivity contribution is -0.401. The van der Waals surface area contributed by atoms with Crippen LogP contribution in [0.15, 0.2) is 130 Å². The lowest BCUT2D eigenvalue weighted by atomic mass is 9.77. The standard InChI is InChI=1S/C59H58N4O8/c1-14-62-46(27-35-50(64)34(51(35)65)26-44-58(7,8)40-24-30(54(67)68)16-22-42(40)60(44)11)56(3,4)38-20-18-33-32(48(38)62)19-21-39-49(33)63(15-2)47(57(39,5)6)29-37-52(66)36(53(37)71-13)28-45-59(9,10)41-25-31(55(69)70)17-23-43(41)61(45)12/h16-29H,14-15H2,1-13H3,(H-2,64,65,67,68,69,70)/p+2. The number of ketones is 2. The van der Waals surface area contributed by atoms with Crippen LogP contribution in [0.5, 0.6) is 0 Å². The van der Waals surface area contributed by atoms with E-state index in [4.69, 9.17) is 4.74 Å². The molecule has 71 heavy (non-hydrogen) atoms. The number of benzene rings is 4. The summed E-state index contributed by atoms with van der Waals surface area (Å²) in [6, 6.07) is 19.0. The number of rotatable bonds is 9. The summed E-state index contributed by atoms with van der Waals surface area (Å²) in [4.78, 5) is 56.7. The van der Waals surface area contributed by atoms with Crippen molar-refractivity contribution in [1.29, 1.82) is 0 Å². The Kier molecular flexibility index (Phi) is 10.2. The van der Waals surface area contributed by atoms with Gasteiger partial charge in [-0.1, -0.05) is 52.0 Å². The van der Waals surface area contributed by atoms with Gasteiger partial charge in [0.15, 0.2) is 11.4 Å². The maximum atomic E-state index is 14.3. The molecule has 0 saturated carbocycles. The maximum Gasteiger partial charge on any atom is 0.335 e. The van der Waals surface area contributed by atoms with E-state index in [1.54, 1.807) is 43.5 Å². The van der Waals surface area contributed by atoms with Crippen LogP contribution in [-0.4, -0.2) is 93.7 Å². The summed E-state index contributed by atoms with van der Waals surface area (Å²) in [5.74, 6) is -1.93. The Morgan fingerprint density at radius 2 is 0.986 bits per heavy atom. The van der Waals surface area contributed by atoms with E-state index in [2.05, 4.69) is 75.6 Å². The molecular formula is C59H60N4O8+2. The summed E-state index contributed by atoms with van der Waals surface area (Å²) in [6.07, 6.45) is 7.46. The number of likely N-dealkylation sites (N-methyl/N-ethyl adjacent to an activating group) is 2. The minimum Gasteiger partial charge on any atom is -0.506 e. The highest BCUT2D eigenvalue weighted by Gasteiger charge is 2.50. The van der Waals surface area contributed by atoms with Gasteiger partial charge in [-0.3, -0.25) is 9.59 Å². The van der Waals surface area contributed by atoms with Gasteiger partial charge in [0.1, 0.15) is 25.6 Å². The van der Waals surface area contributed by atoms with Crippen molar-refractivity contribution in [3.05, 3.63) is 164 Å². The number of carbonyl (C=O) groups excluding carboxylic acids is 2. The predicted octanol–water partition coefficient (Wildman–Crippen LogP) is 10.4. The van der Waals surface area contributed by atoms with Crippen molar-refractivity contribution in [2.45, 2.75) is 90.9 Å². The fourth-order valence-electron chi connectivity index (χ4n) is 12.4. The molecule has 0 radical (unpaired) electrons. The van der Waals surface area contributed by atoms with E-state index in [0.29, 0.717) is 30.0 Å². The molecule has 4 aromatic rings. The SMILES string of the molecule is CCN1C(=CC2=C(O)C(=CC3=[N+](C)c4ccc(C(=O)O)cc4C3(C)C)C2=O)C(C)(C)c2ccc3c4c(ccc3c21)C(C)(C)C(=CC1=C(OC)C(=CC2=[N+](C)c3ccc(C(=O)O)cc3C2(C)C)C1=O)N4CC. The largest absolute Gasteiger partial charge is 0.506 e. The molecule has 2 aliphatic carbocycles. The molecule has 0 bridgehead atoms. The fourth-order valence-corrected chi connectivity index (χ4v) is 12.4. The zero-order valence-corrected chi connectivity index (χ0v) is 42.7. The second-order valence-electron chi connectivity index (χ2n) is 21.5. The van der Waals surface area contributed by atoms with Crippen molar-refractivity contribution in [2.24, 2.45) is 0 Å². The Bertz CT molecular complexity index is 3510. The molecule has 362 valence electrons. The molecule has 12 heteroatoms. The van der Waals surface area contributed by atoms with E-state index in [1.165, 1.54) is 0 Å². The third-order valence-electron chi connectivity index (χ3n) is 16.4. The highest BCUT2D eigenvalue weighted by molar-refractivity contribution is 6.25. The number of aliphatic hydroxyl groups is 1. The number of carboxylic acid groups (broad SMARTS) is 2. The Labute approximate surface area is 413 Å². The van der Waals surface area contributed by atoms with Gasteiger partial charge >= 0.3 is 11.9 Å². The highest BCUT2D eigenvalue weighted by Crippen LogP contribution is 2.57. The Morgan fingerprint density at radius 1 is 0.577 bits per heavy atom. The average Bonchev–Trinajstić information content (AvgIpc) is 3.85. The molecule has 0 aromatic heterocycles. The number of Topliss-reactive ketones (excluding diaryl/α,β-unsaturated/α-hetero) is 2. The van der Waals surface area contributed by atoms with E-state index in [-0.39, 0.29) is 39.6 Å². The number of aromatic carboxylic acids is 2. The lowest BCUT2D eigenvalue weighted by Gasteiger charge is -2.29. The van der Waals surface area contributed by atoms with Gasteiger partial charge in [0, 0.05) is 81.5 Å². The minimum absolute atomic E-state index is 0.0681. The van der Waals surface area contributed by atoms with E-state index < -0.39 is 33.6 Å². The van der Waals surface area contributed by atoms with Gasteiger partial charge in [0.25, 0.3) is 0 Å². The van der Waals surface area contributed by atoms with Crippen LogP contribution in [0, 0.1) is 0 Å². The van der Waals surface area contributed by atoms with Crippen molar-refractivity contribution in [1.82, 2.24) is 0 Å². The van der Waals surface area contributed by atoms with Gasteiger partial charge in [-0.25, -0.2) is 9.59 Å². The van der Waals surface area contributed by atoms with Crippen LogP contribution in [0.2, 0.25) is 0 Å². The van der Waals surface area contributed by atoms with Gasteiger partial charge in [-0.2, -0.15) is 9.15 Å². The molecule has 12 nitrogen and oxygen atoms in total. The molecule has 0 amide bonds. The normalized spacial score (nSPS) is 22.3. The van der Waals surface area contributed by atoms with Crippen molar-refractivity contribution in [3.63, 3.8) is 0 Å². The summed E-state index contributed by atoms with van der Waals surface area (Å²) < 4.78 is 9.96. The number of carbonyl (C=O) groups is 4. The maximum absolute atomic E-state index is 14.3. The van der Waals surface area contributed by atoms with Crippen molar-refractivity contribution in [2.75, 3.05) is 44.1 Å². The summed E-state index contributed by atoms with van der Waals surface area (Å²) >= 11 is 0. The third-order valence-corrected chi connectivity index (χ3v) is 16.4. The van der Waals surface area contributed by atoms with Crippen molar-refractivity contribution >= 4 is 68.5 Å². The Balaban J connectivity index is 1.00. The number of nitrogens with zero attached hydrogens (tertiary/aromatic N) is 4. The molecule has 10 rings (SSSR count).